The van der Waals surface area contributed by atoms with Crippen LogP contribution in [0.1, 0.15) is 6.92 Å². The van der Waals surface area contributed by atoms with Gasteiger partial charge in [0, 0.05) is 19.2 Å². The van der Waals surface area contributed by atoms with Crippen molar-refractivity contribution in [1.29, 1.82) is 0 Å². The van der Waals surface area contributed by atoms with Gasteiger partial charge in [-0.2, -0.15) is 4.98 Å². The number of aromatic nitrogens is 1. The number of nitrogens with one attached hydrogen (secondary N) is 1. The second-order valence-corrected chi connectivity index (χ2v) is 4.37. The van der Waals surface area contributed by atoms with Crippen molar-refractivity contribution in [1.82, 2.24) is 9.88 Å². The van der Waals surface area contributed by atoms with E-state index in [-0.39, 0.29) is 11.9 Å². The summed E-state index contributed by atoms with van der Waals surface area (Å²) < 4.78 is 10.3. The Morgan fingerprint density at radius 3 is 2.89 bits per heavy atom. The van der Waals surface area contributed by atoms with Crippen LogP contribution in [0.15, 0.2) is 18.2 Å². The zero-order chi connectivity index (χ0) is 13.7. The number of pyridine rings is 1. The maximum atomic E-state index is 12.2. The second kappa shape index (κ2) is 6.38. The predicted molar refractivity (Wildman–Crippen MR) is 71.3 cm³/mol. The summed E-state index contributed by atoms with van der Waals surface area (Å²) in [6.07, 6.45) is 0. The normalized spacial score (nSPS) is 16.8. The molecular weight excluding hydrogens is 246 g/mol. The third-order valence-electron chi connectivity index (χ3n) is 2.99. The molecule has 0 aromatic carbocycles. The average molecular weight is 265 g/mol. The van der Waals surface area contributed by atoms with Gasteiger partial charge in [-0.3, -0.25) is 4.79 Å². The van der Waals surface area contributed by atoms with E-state index in [1.807, 2.05) is 19.1 Å². The summed E-state index contributed by atoms with van der Waals surface area (Å²) in [7, 11) is 1.56. The molecule has 0 bridgehead atoms. The van der Waals surface area contributed by atoms with Crippen LogP contribution >= 0.6 is 0 Å². The van der Waals surface area contributed by atoms with E-state index in [0.29, 0.717) is 38.0 Å². The highest BCUT2D eigenvalue weighted by atomic mass is 16.5. The highest BCUT2D eigenvalue weighted by Crippen LogP contribution is 2.12. The number of rotatable bonds is 4. The first-order valence-corrected chi connectivity index (χ1v) is 6.35. The van der Waals surface area contributed by atoms with E-state index >= 15 is 0 Å². The molecule has 1 saturated heterocycles. The van der Waals surface area contributed by atoms with E-state index < -0.39 is 0 Å². The van der Waals surface area contributed by atoms with Crippen molar-refractivity contribution in [2.45, 2.75) is 13.0 Å². The minimum Gasteiger partial charge on any atom is -0.481 e. The maximum absolute atomic E-state index is 12.2. The molecule has 19 heavy (non-hydrogen) atoms. The monoisotopic (exact) mass is 265 g/mol. The summed E-state index contributed by atoms with van der Waals surface area (Å²) in [6, 6.07) is 5.09. The van der Waals surface area contributed by atoms with Crippen molar-refractivity contribution in [3.05, 3.63) is 18.2 Å². The van der Waals surface area contributed by atoms with Gasteiger partial charge in [0.05, 0.1) is 20.3 Å². The minimum absolute atomic E-state index is 0.0629. The Labute approximate surface area is 112 Å². The zero-order valence-electron chi connectivity index (χ0n) is 11.3. The van der Waals surface area contributed by atoms with Gasteiger partial charge in [-0.15, -0.1) is 0 Å². The molecule has 0 radical (unpaired) electrons. The molecule has 1 atom stereocenters. The van der Waals surface area contributed by atoms with Crippen molar-refractivity contribution in [2.24, 2.45) is 0 Å². The Kier molecular flexibility index (Phi) is 4.57. The average Bonchev–Trinajstić information content (AvgIpc) is 2.47. The summed E-state index contributed by atoms with van der Waals surface area (Å²) in [5.74, 6) is 1.22. The van der Waals surface area contributed by atoms with Crippen LogP contribution in [0.5, 0.6) is 5.88 Å². The number of ether oxygens (including phenoxy) is 2. The van der Waals surface area contributed by atoms with E-state index in [1.54, 1.807) is 18.1 Å². The lowest BCUT2D eigenvalue weighted by atomic mass is 10.2. The van der Waals surface area contributed by atoms with Gasteiger partial charge in [-0.25, -0.2) is 0 Å². The van der Waals surface area contributed by atoms with Gasteiger partial charge in [0.25, 0.3) is 0 Å². The Morgan fingerprint density at radius 2 is 2.21 bits per heavy atom. The number of hydrogen-bond acceptors (Lipinski definition) is 5. The van der Waals surface area contributed by atoms with E-state index in [2.05, 4.69) is 10.3 Å². The topological polar surface area (TPSA) is 63.7 Å². The summed E-state index contributed by atoms with van der Waals surface area (Å²) in [6.45, 7) is 4.34. The van der Waals surface area contributed by atoms with Crippen LogP contribution in [-0.2, 0) is 9.53 Å². The van der Waals surface area contributed by atoms with E-state index in [1.165, 1.54) is 0 Å². The van der Waals surface area contributed by atoms with Crippen molar-refractivity contribution in [2.75, 3.05) is 38.7 Å². The molecule has 1 aliphatic heterocycles. The smallest absolute Gasteiger partial charge is 0.244 e. The SMILES string of the molecule is COc1cccc(NC(C)C(=O)N2CCOCC2)n1. The van der Waals surface area contributed by atoms with Crippen molar-refractivity contribution in [3.8, 4) is 5.88 Å². The van der Waals surface area contributed by atoms with Crippen LogP contribution in [-0.4, -0.2) is 55.2 Å². The molecule has 0 aliphatic carbocycles. The second-order valence-electron chi connectivity index (χ2n) is 4.37. The number of morpholine rings is 1. The Bertz CT molecular complexity index is 433. The Balaban J connectivity index is 1.95. The van der Waals surface area contributed by atoms with Gasteiger partial charge in [0.15, 0.2) is 0 Å². The fraction of sp³-hybridized carbons (Fsp3) is 0.538. The lowest BCUT2D eigenvalue weighted by Gasteiger charge is -2.29. The zero-order valence-corrected chi connectivity index (χ0v) is 11.3. The Morgan fingerprint density at radius 1 is 1.47 bits per heavy atom. The molecule has 1 aliphatic rings. The van der Waals surface area contributed by atoms with Crippen LogP contribution in [0.4, 0.5) is 5.82 Å². The number of carbonyl (C=O) groups is 1. The van der Waals surface area contributed by atoms with Gasteiger partial charge >= 0.3 is 0 Å². The molecule has 1 aromatic rings. The molecule has 104 valence electrons. The number of anilines is 1. The highest BCUT2D eigenvalue weighted by molar-refractivity contribution is 5.84. The van der Waals surface area contributed by atoms with Gasteiger partial charge in [-0.1, -0.05) is 6.07 Å². The molecule has 0 spiro atoms. The molecule has 6 nitrogen and oxygen atoms in total. The number of nitrogens with zero attached hydrogens (tertiary/aromatic N) is 2. The molecular formula is C13H19N3O3. The first-order valence-electron chi connectivity index (χ1n) is 6.35. The number of hydrogen-bond donors (Lipinski definition) is 1. The molecule has 6 heteroatoms. The molecule has 1 fully saturated rings. The van der Waals surface area contributed by atoms with Crippen molar-refractivity contribution < 1.29 is 14.3 Å². The summed E-state index contributed by atoms with van der Waals surface area (Å²) in [5, 5.41) is 3.09. The molecule has 1 amide bonds. The first-order chi connectivity index (χ1) is 9.20. The predicted octanol–water partition coefficient (Wildman–Crippen LogP) is 0.749. The maximum Gasteiger partial charge on any atom is 0.244 e. The van der Waals surface area contributed by atoms with Crippen LogP contribution in [0.3, 0.4) is 0 Å². The highest BCUT2D eigenvalue weighted by Gasteiger charge is 2.22. The standard InChI is InChI=1S/C13H19N3O3/c1-10(13(17)16-6-8-19-9-7-16)14-11-4-3-5-12(15-11)18-2/h3-5,10H,6-9H2,1-2H3,(H,14,15). The number of methoxy groups -OCH3 is 1. The van der Waals surface area contributed by atoms with E-state index in [0.717, 1.165) is 0 Å². The largest absolute Gasteiger partial charge is 0.481 e. The van der Waals surface area contributed by atoms with E-state index in [4.69, 9.17) is 9.47 Å². The third-order valence-corrected chi connectivity index (χ3v) is 2.99. The fourth-order valence-electron chi connectivity index (χ4n) is 1.95. The molecule has 1 aromatic heterocycles. The lowest BCUT2D eigenvalue weighted by molar-refractivity contribution is -0.135. The van der Waals surface area contributed by atoms with E-state index in [9.17, 15) is 4.79 Å². The third kappa shape index (κ3) is 3.57. The first kappa shape index (κ1) is 13.6. The van der Waals surface area contributed by atoms with Crippen LogP contribution in [0.2, 0.25) is 0 Å². The number of carbonyl (C=O) groups excluding carboxylic acids is 1. The fourth-order valence-corrected chi connectivity index (χ4v) is 1.95. The Hall–Kier alpha value is -1.82. The van der Waals surface area contributed by atoms with Gasteiger partial charge in [-0.05, 0) is 13.0 Å². The van der Waals surface area contributed by atoms with Crippen molar-refractivity contribution >= 4 is 11.7 Å². The molecule has 0 saturated carbocycles. The molecule has 2 heterocycles. The summed E-state index contributed by atoms with van der Waals surface area (Å²) in [4.78, 5) is 18.2. The van der Waals surface area contributed by atoms with Crippen molar-refractivity contribution in [3.63, 3.8) is 0 Å². The van der Waals surface area contributed by atoms with Crippen LogP contribution in [0.25, 0.3) is 0 Å². The molecule has 1 N–H and O–H groups in total. The van der Waals surface area contributed by atoms with Gasteiger partial charge in [0.1, 0.15) is 11.9 Å². The minimum atomic E-state index is -0.322. The van der Waals surface area contributed by atoms with Gasteiger partial charge in [0.2, 0.25) is 11.8 Å². The number of amides is 1. The lowest BCUT2D eigenvalue weighted by Crippen LogP contribution is -2.47. The van der Waals surface area contributed by atoms with Crippen LogP contribution in [0, 0.1) is 0 Å². The molecule has 2 rings (SSSR count). The quantitative estimate of drug-likeness (QED) is 0.870. The summed E-state index contributed by atoms with van der Waals surface area (Å²) in [5.41, 5.74) is 0. The van der Waals surface area contributed by atoms with Crippen LogP contribution < -0.4 is 10.1 Å². The molecule has 1 unspecified atom stereocenters. The summed E-state index contributed by atoms with van der Waals surface area (Å²) >= 11 is 0. The van der Waals surface area contributed by atoms with Gasteiger partial charge < -0.3 is 19.7 Å².